The van der Waals surface area contributed by atoms with E-state index in [9.17, 15) is 13.2 Å². The Morgan fingerprint density at radius 3 is 2.26 bits per heavy atom. The molecule has 1 aromatic rings. The van der Waals surface area contributed by atoms with E-state index < -0.39 is 21.3 Å². The van der Waals surface area contributed by atoms with Crippen LogP contribution in [0.25, 0.3) is 0 Å². The first kappa shape index (κ1) is 16.0. The number of carbonyl (C=O) groups excluding carboxylic acids is 1. The molecule has 5 nitrogen and oxygen atoms in total. The molecule has 0 aliphatic rings. The number of amides is 1. The Hall–Kier alpha value is -1.05. The summed E-state index contributed by atoms with van der Waals surface area (Å²) in [6.45, 7) is 1.60. The van der Waals surface area contributed by atoms with Crippen LogP contribution in [0, 0.1) is 0 Å². The molecule has 0 aliphatic carbocycles. The highest BCUT2D eigenvalue weighted by Gasteiger charge is 2.24. The predicted octanol–water partition coefficient (Wildman–Crippen LogP) is 0.775. The minimum absolute atomic E-state index is 0.289. The minimum Gasteiger partial charge on any atom is -0.368 e. The van der Waals surface area contributed by atoms with Crippen LogP contribution in [0.3, 0.4) is 0 Å². The molecule has 1 aromatic carbocycles. The summed E-state index contributed by atoms with van der Waals surface area (Å²) in [5.74, 6) is 0.106. The molecule has 1 unspecified atom stereocenters. The molecule has 0 saturated carbocycles. The summed E-state index contributed by atoms with van der Waals surface area (Å²) in [5.41, 5.74) is 9.90. The summed E-state index contributed by atoms with van der Waals surface area (Å²) in [6.07, 6.45) is 1.63. The number of benzene rings is 1. The molecule has 106 valence electrons. The van der Waals surface area contributed by atoms with Gasteiger partial charge in [0.15, 0.2) is 9.84 Å². The normalized spacial score (nSPS) is 14.9. The smallest absolute Gasteiger partial charge is 0.237 e. The molecule has 7 heteroatoms. The van der Waals surface area contributed by atoms with Gasteiger partial charge in [0.25, 0.3) is 0 Å². The number of carbonyl (C=O) groups is 1. The molecule has 1 atom stereocenters. The van der Waals surface area contributed by atoms with E-state index >= 15 is 0 Å². The van der Waals surface area contributed by atoms with E-state index in [0.717, 1.165) is 4.90 Å². The number of hydrogen-bond acceptors (Lipinski definition) is 5. The maximum Gasteiger partial charge on any atom is 0.237 e. The van der Waals surface area contributed by atoms with Crippen LogP contribution < -0.4 is 11.5 Å². The molecule has 19 heavy (non-hydrogen) atoms. The van der Waals surface area contributed by atoms with E-state index in [4.69, 9.17) is 11.5 Å². The standard InChI is InChI=1S/C12H18N2O3S2/c1-12(14,11(13)15)7-8-18-9-3-5-10(6-4-9)19(2,16)17/h3-6H,7-8,14H2,1-2H3,(H2,13,15). The molecule has 1 rings (SSSR count). The van der Waals surface area contributed by atoms with Crippen molar-refractivity contribution in [2.24, 2.45) is 11.5 Å². The Kier molecular flexibility index (Phi) is 5.00. The number of primary amides is 1. The average Bonchev–Trinajstić information content (AvgIpc) is 2.28. The van der Waals surface area contributed by atoms with Crippen LogP contribution in [0.2, 0.25) is 0 Å². The molecule has 0 radical (unpaired) electrons. The van der Waals surface area contributed by atoms with Crippen LogP contribution in [0.5, 0.6) is 0 Å². The van der Waals surface area contributed by atoms with E-state index in [1.807, 2.05) is 0 Å². The molecule has 0 saturated heterocycles. The van der Waals surface area contributed by atoms with Gasteiger partial charge >= 0.3 is 0 Å². The lowest BCUT2D eigenvalue weighted by Crippen LogP contribution is -2.49. The quantitative estimate of drug-likeness (QED) is 0.756. The van der Waals surface area contributed by atoms with Crippen molar-refractivity contribution in [2.45, 2.75) is 28.7 Å². The molecule has 0 bridgehead atoms. The second kappa shape index (κ2) is 5.94. The number of rotatable bonds is 6. The van der Waals surface area contributed by atoms with Gasteiger partial charge in [-0.2, -0.15) is 0 Å². The molecular weight excluding hydrogens is 284 g/mol. The summed E-state index contributed by atoms with van der Waals surface area (Å²) in [5, 5.41) is 0. The van der Waals surface area contributed by atoms with Crippen LogP contribution in [0.4, 0.5) is 0 Å². The third kappa shape index (κ3) is 4.85. The third-order valence-corrected chi connectivity index (χ3v) is 4.85. The first-order valence-corrected chi connectivity index (χ1v) is 8.52. The van der Waals surface area contributed by atoms with Crippen molar-refractivity contribution < 1.29 is 13.2 Å². The fourth-order valence-electron chi connectivity index (χ4n) is 1.29. The first-order valence-electron chi connectivity index (χ1n) is 5.64. The molecule has 4 N–H and O–H groups in total. The summed E-state index contributed by atoms with van der Waals surface area (Å²) in [7, 11) is -3.17. The van der Waals surface area contributed by atoms with Crippen LogP contribution in [-0.2, 0) is 14.6 Å². The maximum atomic E-state index is 11.3. The molecule has 0 spiro atoms. The molecular formula is C12H18N2O3S2. The van der Waals surface area contributed by atoms with Crippen LogP contribution in [0.1, 0.15) is 13.3 Å². The van der Waals surface area contributed by atoms with Gasteiger partial charge in [-0.3, -0.25) is 4.79 Å². The monoisotopic (exact) mass is 302 g/mol. The number of hydrogen-bond donors (Lipinski definition) is 2. The highest BCUT2D eigenvalue weighted by atomic mass is 32.2. The van der Waals surface area contributed by atoms with Gasteiger partial charge in [0.2, 0.25) is 5.91 Å². The molecule has 0 aliphatic heterocycles. The first-order chi connectivity index (χ1) is 8.63. The van der Waals surface area contributed by atoms with Crippen molar-refractivity contribution in [1.29, 1.82) is 0 Å². The lowest BCUT2D eigenvalue weighted by Gasteiger charge is -2.19. The average molecular weight is 302 g/mol. The summed E-state index contributed by atoms with van der Waals surface area (Å²) in [6, 6.07) is 6.60. The van der Waals surface area contributed by atoms with Crippen molar-refractivity contribution in [2.75, 3.05) is 12.0 Å². The fraction of sp³-hybridized carbons (Fsp3) is 0.417. The number of sulfone groups is 1. The van der Waals surface area contributed by atoms with Crippen molar-refractivity contribution in [3.8, 4) is 0 Å². The predicted molar refractivity (Wildman–Crippen MR) is 76.7 cm³/mol. The largest absolute Gasteiger partial charge is 0.368 e. The van der Waals surface area contributed by atoms with E-state index in [2.05, 4.69) is 0 Å². The maximum absolute atomic E-state index is 11.3. The van der Waals surface area contributed by atoms with Gasteiger partial charge in [-0.05, 0) is 37.6 Å². The lowest BCUT2D eigenvalue weighted by molar-refractivity contribution is -0.122. The van der Waals surface area contributed by atoms with E-state index in [1.54, 1.807) is 31.2 Å². The second-order valence-corrected chi connectivity index (χ2v) is 7.81. The zero-order chi connectivity index (χ0) is 14.7. The summed E-state index contributed by atoms with van der Waals surface area (Å²) >= 11 is 1.50. The summed E-state index contributed by atoms with van der Waals surface area (Å²) < 4.78 is 22.6. The number of thioether (sulfide) groups is 1. The minimum atomic E-state index is -3.17. The molecule has 1 amide bonds. The van der Waals surface area contributed by atoms with Gasteiger partial charge < -0.3 is 11.5 Å². The SMILES string of the molecule is CC(N)(CCSc1ccc(S(C)(=O)=O)cc1)C(N)=O. The summed E-state index contributed by atoms with van der Waals surface area (Å²) in [4.78, 5) is 12.3. The van der Waals surface area contributed by atoms with E-state index in [-0.39, 0.29) is 4.90 Å². The molecule has 0 fully saturated rings. The van der Waals surface area contributed by atoms with Crippen molar-refractivity contribution in [3.63, 3.8) is 0 Å². The zero-order valence-corrected chi connectivity index (χ0v) is 12.6. The van der Waals surface area contributed by atoms with Crippen molar-refractivity contribution >= 4 is 27.5 Å². The Labute approximate surface area is 117 Å². The second-order valence-electron chi connectivity index (χ2n) is 4.62. The van der Waals surface area contributed by atoms with Gasteiger partial charge in [0, 0.05) is 16.9 Å². The fourth-order valence-corrected chi connectivity index (χ4v) is 3.01. The van der Waals surface area contributed by atoms with Crippen LogP contribution >= 0.6 is 11.8 Å². The Morgan fingerprint density at radius 2 is 1.84 bits per heavy atom. The zero-order valence-electron chi connectivity index (χ0n) is 10.9. The van der Waals surface area contributed by atoms with Crippen molar-refractivity contribution in [1.82, 2.24) is 0 Å². The van der Waals surface area contributed by atoms with Gasteiger partial charge in [-0.1, -0.05) is 0 Å². The van der Waals surface area contributed by atoms with Crippen molar-refractivity contribution in [3.05, 3.63) is 24.3 Å². The highest BCUT2D eigenvalue weighted by Crippen LogP contribution is 2.22. The van der Waals surface area contributed by atoms with Crippen LogP contribution in [-0.4, -0.2) is 31.9 Å². The van der Waals surface area contributed by atoms with Gasteiger partial charge in [0.1, 0.15) is 0 Å². The van der Waals surface area contributed by atoms with Gasteiger partial charge in [0.05, 0.1) is 10.4 Å². The number of nitrogens with two attached hydrogens (primary N) is 2. The highest BCUT2D eigenvalue weighted by molar-refractivity contribution is 7.99. The topological polar surface area (TPSA) is 103 Å². The molecule has 0 aromatic heterocycles. The third-order valence-electron chi connectivity index (χ3n) is 2.70. The van der Waals surface area contributed by atoms with E-state index in [0.29, 0.717) is 12.2 Å². The Bertz CT molecular complexity index is 551. The van der Waals surface area contributed by atoms with Crippen LogP contribution in [0.15, 0.2) is 34.1 Å². The Morgan fingerprint density at radius 1 is 1.32 bits per heavy atom. The van der Waals surface area contributed by atoms with Gasteiger partial charge in [-0.15, -0.1) is 11.8 Å². The lowest BCUT2D eigenvalue weighted by atomic mass is 10.0. The Balaban J connectivity index is 2.59. The van der Waals surface area contributed by atoms with E-state index in [1.165, 1.54) is 18.0 Å². The van der Waals surface area contributed by atoms with Gasteiger partial charge in [-0.25, -0.2) is 8.42 Å². The molecule has 0 heterocycles.